The topological polar surface area (TPSA) is 20.2 Å². The van der Waals surface area contributed by atoms with Crippen LogP contribution in [0.25, 0.3) is 0 Å². The fraction of sp³-hybridized carbons (Fsp3) is 0.200. The highest BCUT2D eigenvalue weighted by atomic mass is 35.5. The third kappa shape index (κ3) is 1.86. The first-order valence-corrected chi connectivity index (χ1v) is 6.28. The van der Waals surface area contributed by atoms with Crippen LogP contribution in [0.5, 0.6) is 0 Å². The molecular formula is C10H9ClOS2. The molecule has 0 aromatic carbocycles. The highest BCUT2D eigenvalue weighted by molar-refractivity contribution is 7.14. The van der Waals surface area contributed by atoms with Crippen LogP contribution < -0.4 is 0 Å². The Hall–Kier alpha value is -0.350. The molecule has 2 aromatic heterocycles. The van der Waals surface area contributed by atoms with E-state index in [1.54, 1.807) is 11.3 Å². The molecule has 2 aromatic rings. The van der Waals surface area contributed by atoms with Gasteiger partial charge in [0.2, 0.25) is 0 Å². The molecule has 4 heteroatoms. The molecule has 2 heterocycles. The normalized spacial score (nSPS) is 13.1. The fourth-order valence-corrected chi connectivity index (χ4v) is 2.98. The molecule has 0 radical (unpaired) electrons. The van der Waals surface area contributed by atoms with Gasteiger partial charge in [0.15, 0.2) is 0 Å². The monoisotopic (exact) mass is 244 g/mol. The zero-order valence-electron chi connectivity index (χ0n) is 7.53. The number of thiophene rings is 2. The summed E-state index contributed by atoms with van der Waals surface area (Å²) in [6, 6.07) is 3.86. The summed E-state index contributed by atoms with van der Waals surface area (Å²) in [5.74, 6) is 0. The average molecular weight is 245 g/mol. The van der Waals surface area contributed by atoms with E-state index in [4.69, 9.17) is 11.6 Å². The molecule has 1 nitrogen and oxygen atoms in total. The van der Waals surface area contributed by atoms with E-state index in [2.05, 4.69) is 0 Å². The predicted octanol–water partition coefficient (Wildman–Crippen LogP) is 3.85. The number of aliphatic hydroxyl groups is 1. The molecule has 0 aliphatic rings. The Kier molecular flexibility index (Phi) is 2.93. The van der Waals surface area contributed by atoms with E-state index in [1.807, 2.05) is 29.8 Å². The van der Waals surface area contributed by atoms with Crippen molar-refractivity contribution in [3.05, 3.63) is 43.2 Å². The minimum Gasteiger partial charge on any atom is -0.384 e. The van der Waals surface area contributed by atoms with Crippen molar-refractivity contribution in [2.75, 3.05) is 0 Å². The van der Waals surface area contributed by atoms with Crippen molar-refractivity contribution in [2.24, 2.45) is 0 Å². The van der Waals surface area contributed by atoms with Gasteiger partial charge in [-0.15, -0.1) is 22.7 Å². The Balaban J connectivity index is 2.33. The lowest BCUT2D eigenvalue weighted by molar-refractivity contribution is 0.221. The molecule has 0 saturated carbocycles. The standard InChI is InChI=1S/C10H9ClOS2/c1-6-4-7(5-14-6)9(12)8-2-3-13-10(8)11/h2-5,9,12H,1H3. The lowest BCUT2D eigenvalue weighted by Crippen LogP contribution is -1.96. The van der Waals surface area contributed by atoms with E-state index in [1.165, 1.54) is 16.2 Å². The highest BCUT2D eigenvalue weighted by Crippen LogP contribution is 2.33. The van der Waals surface area contributed by atoms with Crippen molar-refractivity contribution in [1.82, 2.24) is 0 Å². The van der Waals surface area contributed by atoms with Crippen LogP contribution in [0.1, 0.15) is 22.1 Å². The van der Waals surface area contributed by atoms with Gasteiger partial charge in [-0.25, -0.2) is 0 Å². The van der Waals surface area contributed by atoms with E-state index in [0.29, 0.717) is 4.34 Å². The van der Waals surface area contributed by atoms with Crippen LogP contribution in [0.2, 0.25) is 4.34 Å². The van der Waals surface area contributed by atoms with E-state index < -0.39 is 6.10 Å². The molecule has 0 saturated heterocycles. The number of hydrogen-bond donors (Lipinski definition) is 1. The zero-order valence-corrected chi connectivity index (χ0v) is 9.92. The maximum Gasteiger partial charge on any atom is 0.107 e. The lowest BCUT2D eigenvalue weighted by atomic mass is 10.1. The SMILES string of the molecule is Cc1cc(C(O)c2ccsc2Cl)cs1. The first-order chi connectivity index (χ1) is 6.68. The van der Waals surface area contributed by atoms with Crippen molar-refractivity contribution in [1.29, 1.82) is 0 Å². The van der Waals surface area contributed by atoms with Crippen molar-refractivity contribution in [3.63, 3.8) is 0 Å². The van der Waals surface area contributed by atoms with Gasteiger partial charge < -0.3 is 5.11 Å². The molecule has 0 amide bonds. The van der Waals surface area contributed by atoms with Gasteiger partial charge >= 0.3 is 0 Å². The third-order valence-electron chi connectivity index (χ3n) is 2.01. The Morgan fingerprint density at radius 2 is 2.21 bits per heavy atom. The number of halogens is 1. The molecule has 0 aliphatic carbocycles. The molecule has 0 bridgehead atoms. The summed E-state index contributed by atoms with van der Waals surface area (Å²) in [5.41, 5.74) is 1.72. The summed E-state index contributed by atoms with van der Waals surface area (Å²) in [4.78, 5) is 1.20. The second-order valence-electron chi connectivity index (χ2n) is 3.04. The largest absolute Gasteiger partial charge is 0.384 e. The molecular weight excluding hydrogens is 236 g/mol. The number of aryl methyl sites for hydroxylation is 1. The summed E-state index contributed by atoms with van der Waals surface area (Å²) >= 11 is 9.03. The van der Waals surface area contributed by atoms with E-state index in [-0.39, 0.29) is 0 Å². The van der Waals surface area contributed by atoms with E-state index >= 15 is 0 Å². The van der Waals surface area contributed by atoms with Gasteiger partial charge in [0, 0.05) is 10.4 Å². The van der Waals surface area contributed by atoms with Crippen molar-refractivity contribution >= 4 is 34.3 Å². The molecule has 1 atom stereocenters. The second-order valence-corrected chi connectivity index (χ2v) is 5.68. The first-order valence-electron chi connectivity index (χ1n) is 4.14. The van der Waals surface area contributed by atoms with E-state index in [0.717, 1.165) is 11.1 Å². The molecule has 14 heavy (non-hydrogen) atoms. The van der Waals surface area contributed by atoms with Crippen molar-refractivity contribution < 1.29 is 5.11 Å². The van der Waals surface area contributed by atoms with Gasteiger partial charge in [-0.2, -0.15) is 0 Å². The summed E-state index contributed by atoms with van der Waals surface area (Å²) in [6.07, 6.45) is -0.585. The van der Waals surface area contributed by atoms with Crippen LogP contribution in [-0.2, 0) is 0 Å². The van der Waals surface area contributed by atoms with Crippen LogP contribution in [0.15, 0.2) is 22.9 Å². The van der Waals surface area contributed by atoms with Crippen LogP contribution >= 0.6 is 34.3 Å². The quantitative estimate of drug-likeness (QED) is 0.851. The molecule has 0 fully saturated rings. The van der Waals surface area contributed by atoms with Crippen LogP contribution in [0, 0.1) is 6.92 Å². The Morgan fingerprint density at radius 3 is 2.71 bits per heavy atom. The maximum absolute atomic E-state index is 10.0. The fourth-order valence-electron chi connectivity index (χ4n) is 1.29. The third-order valence-corrected chi connectivity index (χ3v) is 4.09. The minimum absolute atomic E-state index is 0.585. The van der Waals surface area contributed by atoms with Crippen LogP contribution in [0.4, 0.5) is 0 Å². The van der Waals surface area contributed by atoms with Gasteiger partial charge in [0.05, 0.1) is 4.34 Å². The molecule has 74 valence electrons. The Morgan fingerprint density at radius 1 is 1.43 bits per heavy atom. The minimum atomic E-state index is -0.585. The summed E-state index contributed by atoms with van der Waals surface area (Å²) in [6.45, 7) is 2.02. The van der Waals surface area contributed by atoms with Gasteiger partial charge in [-0.05, 0) is 35.4 Å². The summed E-state index contributed by atoms with van der Waals surface area (Å²) < 4.78 is 0.668. The number of aliphatic hydroxyl groups excluding tert-OH is 1. The number of hydrogen-bond acceptors (Lipinski definition) is 3. The van der Waals surface area contributed by atoms with Crippen molar-refractivity contribution in [3.8, 4) is 0 Å². The number of rotatable bonds is 2. The first kappa shape index (κ1) is 10.2. The van der Waals surface area contributed by atoms with Crippen LogP contribution in [0.3, 0.4) is 0 Å². The zero-order chi connectivity index (χ0) is 10.1. The van der Waals surface area contributed by atoms with Gasteiger partial charge in [0.25, 0.3) is 0 Å². The maximum atomic E-state index is 10.0. The summed E-state index contributed by atoms with van der Waals surface area (Å²) in [5, 5.41) is 13.9. The molecule has 0 spiro atoms. The highest BCUT2D eigenvalue weighted by Gasteiger charge is 2.15. The Bertz CT molecular complexity index is 433. The Labute approximate surface area is 95.6 Å². The molecule has 1 unspecified atom stereocenters. The summed E-state index contributed by atoms with van der Waals surface area (Å²) in [7, 11) is 0. The van der Waals surface area contributed by atoms with Crippen LogP contribution in [-0.4, -0.2) is 5.11 Å². The smallest absolute Gasteiger partial charge is 0.107 e. The molecule has 2 rings (SSSR count). The lowest BCUT2D eigenvalue weighted by Gasteiger charge is -2.06. The molecule has 1 N–H and O–H groups in total. The van der Waals surface area contributed by atoms with E-state index in [9.17, 15) is 5.11 Å². The second kappa shape index (κ2) is 4.03. The molecule has 0 aliphatic heterocycles. The van der Waals surface area contributed by atoms with Crippen molar-refractivity contribution in [2.45, 2.75) is 13.0 Å². The van der Waals surface area contributed by atoms with Gasteiger partial charge in [0.1, 0.15) is 6.10 Å². The van der Waals surface area contributed by atoms with Gasteiger partial charge in [-0.1, -0.05) is 11.6 Å². The van der Waals surface area contributed by atoms with Gasteiger partial charge in [-0.3, -0.25) is 0 Å². The average Bonchev–Trinajstić information content (AvgIpc) is 2.73. The predicted molar refractivity (Wildman–Crippen MR) is 62.4 cm³/mol.